The maximum absolute atomic E-state index is 11.4. The van der Waals surface area contributed by atoms with E-state index in [0.29, 0.717) is 18.9 Å². The first-order valence-corrected chi connectivity index (χ1v) is 9.17. The van der Waals surface area contributed by atoms with Crippen LogP contribution in [0.25, 0.3) is 0 Å². The van der Waals surface area contributed by atoms with E-state index >= 15 is 0 Å². The molecule has 0 amide bonds. The van der Waals surface area contributed by atoms with E-state index in [-0.39, 0.29) is 10.6 Å². The zero-order valence-electron chi connectivity index (χ0n) is 13.3. The van der Waals surface area contributed by atoms with Gasteiger partial charge >= 0.3 is 0 Å². The van der Waals surface area contributed by atoms with Gasteiger partial charge in [0.25, 0.3) is 5.69 Å². The number of hydrogen-bond donors (Lipinski definition) is 1. The zero-order valence-corrected chi connectivity index (χ0v) is 14.1. The van der Waals surface area contributed by atoms with E-state index in [1.807, 2.05) is 0 Å². The molecule has 0 radical (unpaired) electrons. The third-order valence-electron chi connectivity index (χ3n) is 4.03. The van der Waals surface area contributed by atoms with Crippen molar-refractivity contribution in [3.8, 4) is 5.75 Å². The molecule has 2 aromatic carbocycles. The molecule has 0 saturated heterocycles. The maximum atomic E-state index is 11.4. The van der Waals surface area contributed by atoms with Crippen LogP contribution in [0.1, 0.15) is 5.56 Å². The lowest BCUT2D eigenvalue weighted by Crippen LogP contribution is -2.26. The third kappa shape index (κ3) is 3.89. The summed E-state index contributed by atoms with van der Waals surface area (Å²) in [4.78, 5) is 12.5. The predicted octanol–water partition coefficient (Wildman–Crippen LogP) is 1.68. The van der Waals surface area contributed by atoms with Crippen LogP contribution in [0.2, 0.25) is 0 Å². The van der Waals surface area contributed by atoms with Gasteiger partial charge < -0.3 is 9.64 Å². The number of nitrogens with zero attached hydrogens (tertiary/aromatic N) is 2. The van der Waals surface area contributed by atoms with Gasteiger partial charge in [-0.15, -0.1) is 0 Å². The van der Waals surface area contributed by atoms with Crippen LogP contribution in [0.5, 0.6) is 5.75 Å². The van der Waals surface area contributed by atoms with E-state index in [9.17, 15) is 18.5 Å². The molecule has 2 aromatic rings. The summed E-state index contributed by atoms with van der Waals surface area (Å²) in [6.45, 7) is 1.70. The van der Waals surface area contributed by atoms with E-state index in [1.165, 1.54) is 18.2 Å². The second-order valence-corrected chi connectivity index (χ2v) is 7.24. The van der Waals surface area contributed by atoms with Crippen LogP contribution < -0.4 is 14.8 Å². The standard InChI is InChI=1S/C16H17N3O5S/c17-25(22,23)15-4-5-16-12(10-15)6-7-18(16)8-9-24-14-3-1-2-13(11-14)19(20)21/h1-5,10-11H,6-9H2,(H2,17,22,23). The van der Waals surface area contributed by atoms with Gasteiger partial charge in [0.05, 0.1) is 22.4 Å². The van der Waals surface area contributed by atoms with Gasteiger partial charge in [0, 0.05) is 18.3 Å². The summed E-state index contributed by atoms with van der Waals surface area (Å²) in [6.07, 6.45) is 0.732. The Kier molecular flexibility index (Phi) is 4.60. The highest BCUT2D eigenvalue weighted by Gasteiger charge is 2.21. The average molecular weight is 363 g/mol. The Morgan fingerprint density at radius 3 is 2.76 bits per heavy atom. The van der Waals surface area contributed by atoms with Gasteiger partial charge in [0.15, 0.2) is 0 Å². The SMILES string of the molecule is NS(=O)(=O)c1ccc2c(c1)CCN2CCOc1cccc([N+](=O)[O-])c1. The Bertz CT molecular complexity index is 914. The molecule has 0 atom stereocenters. The fourth-order valence-electron chi connectivity index (χ4n) is 2.82. The molecule has 0 unspecified atom stereocenters. The van der Waals surface area contributed by atoms with Crippen LogP contribution in [-0.4, -0.2) is 33.0 Å². The summed E-state index contributed by atoms with van der Waals surface area (Å²) in [5.74, 6) is 0.443. The lowest BCUT2D eigenvalue weighted by atomic mass is 10.2. The molecule has 0 bridgehead atoms. The fraction of sp³-hybridized carbons (Fsp3) is 0.250. The van der Waals surface area contributed by atoms with Crippen molar-refractivity contribution < 1.29 is 18.1 Å². The monoisotopic (exact) mass is 363 g/mol. The molecule has 0 aliphatic carbocycles. The first kappa shape index (κ1) is 17.2. The van der Waals surface area contributed by atoms with E-state index < -0.39 is 14.9 Å². The number of nitro groups is 1. The number of hydrogen-bond acceptors (Lipinski definition) is 6. The Hall–Kier alpha value is -2.65. The van der Waals surface area contributed by atoms with Crippen LogP contribution in [0.4, 0.5) is 11.4 Å². The van der Waals surface area contributed by atoms with Crippen LogP contribution in [0.15, 0.2) is 47.4 Å². The smallest absolute Gasteiger partial charge is 0.273 e. The normalized spacial score (nSPS) is 13.6. The molecule has 1 heterocycles. The lowest BCUT2D eigenvalue weighted by molar-refractivity contribution is -0.384. The van der Waals surface area contributed by atoms with Crippen LogP contribution in [0.3, 0.4) is 0 Å². The van der Waals surface area contributed by atoms with Crippen LogP contribution in [-0.2, 0) is 16.4 Å². The van der Waals surface area contributed by atoms with Gasteiger partial charge in [0.2, 0.25) is 10.0 Å². The molecule has 132 valence electrons. The molecule has 1 aliphatic heterocycles. The molecule has 0 spiro atoms. The van der Waals surface area contributed by atoms with E-state index in [2.05, 4.69) is 4.90 Å². The average Bonchev–Trinajstić information content (AvgIpc) is 2.97. The van der Waals surface area contributed by atoms with Crippen molar-refractivity contribution >= 4 is 21.4 Å². The van der Waals surface area contributed by atoms with Gasteiger partial charge in [0.1, 0.15) is 12.4 Å². The van der Waals surface area contributed by atoms with Crippen molar-refractivity contribution in [1.29, 1.82) is 0 Å². The summed E-state index contributed by atoms with van der Waals surface area (Å²) in [5, 5.41) is 15.9. The molecule has 3 rings (SSSR count). The number of nitrogens with two attached hydrogens (primary N) is 1. The van der Waals surface area contributed by atoms with E-state index in [4.69, 9.17) is 9.88 Å². The van der Waals surface area contributed by atoms with Gasteiger partial charge in [-0.1, -0.05) is 6.07 Å². The van der Waals surface area contributed by atoms with Crippen molar-refractivity contribution in [1.82, 2.24) is 0 Å². The molecule has 25 heavy (non-hydrogen) atoms. The van der Waals surface area contributed by atoms with E-state index in [0.717, 1.165) is 24.2 Å². The number of benzene rings is 2. The largest absolute Gasteiger partial charge is 0.491 e. The highest BCUT2D eigenvalue weighted by atomic mass is 32.2. The number of fused-ring (bicyclic) bond motifs is 1. The third-order valence-corrected chi connectivity index (χ3v) is 4.94. The molecule has 1 aliphatic rings. The lowest BCUT2D eigenvalue weighted by Gasteiger charge is -2.19. The Balaban J connectivity index is 1.63. The van der Waals surface area contributed by atoms with Crippen molar-refractivity contribution in [2.24, 2.45) is 5.14 Å². The highest BCUT2D eigenvalue weighted by Crippen LogP contribution is 2.29. The number of anilines is 1. The molecular formula is C16H17N3O5S. The Morgan fingerprint density at radius 2 is 2.04 bits per heavy atom. The second kappa shape index (κ2) is 6.69. The van der Waals surface area contributed by atoms with Gasteiger partial charge in [-0.05, 0) is 36.2 Å². The summed E-state index contributed by atoms with van der Waals surface area (Å²) in [6, 6.07) is 10.9. The first-order valence-electron chi connectivity index (χ1n) is 7.62. The Labute approximate surface area is 145 Å². The van der Waals surface area contributed by atoms with Gasteiger partial charge in [-0.3, -0.25) is 10.1 Å². The van der Waals surface area contributed by atoms with Crippen LogP contribution in [0, 0.1) is 10.1 Å². The van der Waals surface area contributed by atoms with Crippen molar-refractivity contribution in [2.75, 3.05) is 24.6 Å². The molecular weight excluding hydrogens is 346 g/mol. The number of sulfonamides is 1. The number of ether oxygens (including phenoxy) is 1. The maximum Gasteiger partial charge on any atom is 0.273 e. The van der Waals surface area contributed by atoms with Crippen molar-refractivity contribution in [2.45, 2.75) is 11.3 Å². The molecule has 0 fully saturated rings. The Morgan fingerprint density at radius 1 is 1.24 bits per heavy atom. The summed E-state index contributed by atoms with van der Waals surface area (Å²) < 4.78 is 28.4. The number of nitro benzene ring substituents is 1. The minimum Gasteiger partial charge on any atom is -0.491 e. The zero-order chi connectivity index (χ0) is 18.0. The topological polar surface area (TPSA) is 116 Å². The van der Waals surface area contributed by atoms with Crippen LogP contribution >= 0.6 is 0 Å². The highest BCUT2D eigenvalue weighted by molar-refractivity contribution is 7.89. The molecule has 9 heteroatoms. The van der Waals surface area contributed by atoms with E-state index in [1.54, 1.807) is 24.3 Å². The first-order chi connectivity index (χ1) is 11.8. The van der Waals surface area contributed by atoms with Gasteiger partial charge in [-0.2, -0.15) is 0 Å². The summed E-state index contributed by atoms with van der Waals surface area (Å²) in [5.41, 5.74) is 1.87. The summed E-state index contributed by atoms with van der Waals surface area (Å²) >= 11 is 0. The predicted molar refractivity (Wildman–Crippen MR) is 92.3 cm³/mol. The molecule has 2 N–H and O–H groups in total. The number of primary sulfonamides is 1. The minimum atomic E-state index is -3.70. The van der Waals surface area contributed by atoms with Crippen molar-refractivity contribution in [3.05, 3.63) is 58.1 Å². The molecule has 0 aromatic heterocycles. The molecule has 0 saturated carbocycles. The fourth-order valence-corrected chi connectivity index (χ4v) is 3.38. The van der Waals surface area contributed by atoms with Gasteiger partial charge in [-0.25, -0.2) is 13.6 Å². The quantitative estimate of drug-likeness (QED) is 0.617. The number of non-ortho nitro benzene ring substituents is 1. The number of rotatable bonds is 6. The minimum absolute atomic E-state index is 0.0143. The second-order valence-electron chi connectivity index (χ2n) is 5.68. The van der Waals surface area contributed by atoms with Crippen molar-refractivity contribution in [3.63, 3.8) is 0 Å². The summed E-state index contributed by atoms with van der Waals surface area (Å²) in [7, 11) is -3.70. The molecule has 8 nitrogen and oxygen atoms in total.